The molecular weight excluding hydrogens is 570 g/mol. The van der Waals surface area contributed by atoms with Crippen molar-refractivity contribution in [1.82, 2.24) is 26.3 Å². The molecule has 0 aliphatic carbocycles. The topological polar surface area (TPSA) is 212 Å². The molecule has 4 amide bonds. The van der Waals surface area contributed by atoms with Crippen LogP contribution in [0.15, 0.2) is 30.5 Å². The van der Waals surface area contributed by atoms with Gasteiger partial charge >= 0.3 is 12.2 Å². The number of hydrogen-bond donors (Lipinski definition) is 5. The van der Waals surface area contributed by atoms with Crippen LogP contribution in [0.5, 0.6) is 0 Å². The molecule has 0 saturated heterocycles. The number of aromatic nitrogens is 1. The average Bonchev–Trinajstić information content (AvgIpc) is 3.35. The van der Waals surface area contributed by atoms with Gasteiger partial charge in [-0.15, -0.1) is 0 Å². The number of hydrogen-bond acceptors (Lipinski definition) is 7. The lowest BCUT2D eigenvalue weighted by molar-refractivity contribution is -0.152. The Morgan fingerprint density at radius 2 is 1.59 bits per heavy atom. The molecule has 0 aliphatic heterocycles. The fourth-order valence-corrected chi connectivity index (χ4v) is 4.51. The Hall–Kier alpha value is -4.84. The molecule has 0 fully saturated rings. The number of fused-ring (bicyclic) bond motifs is 1. The summed E-state index contributed by atoms with van der Waals surface area (Å²) in [5.41, 5.74) is 10.3. The van der Waals surface area contributed by atoms with E-state index in [2.05, 4.69) is 31.0 Å². The minimum absolute atomic E-state index is 0.138. The van der Waals surface area contributed by atoms with Crippen LogP contribution >= 0.6 is 0 Å². The van der Waals surface area contributed by atoms with Crippen molar-refractivity contribution in [3.63, 3.8) is 0 Å². The van der Waals surface area contributed by atoms with Crippen LogP contribution in [0.2, 0.25) is 0 Å². The number of benzene rings is 1. The number of nitrogens with zero attached hydrogens (tertiary/aromatic N) is 2. The molecule has 0 bridgehead atoms. The van der Waals surface area contributed by atoms with E-state index in [4.69, 9.17) is 10.3 Å². The number of ether oxygens (including phenoxy) is 1. The Kier molecular flexibility index (Phi) is 14.4. The second kappa shape index (κ2) is 18.0. The normalized spacial score (nSPS) is 12.8. The van der Waals surface area contributed by atoms with Crippen molar-refractivity contribution >= 4 is 52.5 Å². The lowest BCUT2D eigenvalue weighted by atomic mass is 10.0. The summed E-state index contributed by atoms with van der Waals surface area (Å²) < 4.78 is 5.25. The minimum atomic E-state index is -1.22. The molecule has 2 rings (SSSR count). The van der Waals surface area contributed by atoms with Gasteiger partial charge in [-0.3, -0.25) is 24.0 Å². The SMILES string of the molecule is CC(=O)NCCCCC(NC(=O)C(Cc1c[nH]c2ccccc12)NC(C)=O)C(=O)NC(CCC(=O)C=[N+]=[N-])C(=O)OC(C)C. The maximum absolute atomic E-state index is 13.5. The highest BCUT2D eigenvalue weighted by molar-refractivity contribution is 6.25. The summed E-state index contributed by atoms with van der Waals surface area (Å²) in [6.07, 6.45) is 2.84. The predicted octanol–water partition coefficient (Wildman–Crippen LogP) is 1.09. The van der Waals surface area contributed by atoms with Gasteiger partial charge in [0.15, 0.2) is 0 Å². The molecule has 3 atom stereocenters. The van der Waals surface area contributed by atoms with Crippen molar-refractivity contribution in [1.29, 1.82) is 0 Å². The van der Waals surface area contributed by atoms with Crippen LogP contribution < -0.4 is 21.3 Å². The van der Waals surface area contributed by atoms with Gasteiger partial charge in [-0.05, 0) is 51.2 Å². The number of nitrogens with one attached hydrogen (secondary N) is 5. The third-order valence-electron chi connectivity index (χ3n) is 6.55. The van der Waals surface area contributed by atoms with Crippen LogP contribution in [0.4, 0.5) is 0 Å². The molecule has 2 aromatic rings. The van der Waals surface area contributed by atoms with Crippen LogP contribution in [0.25, 0.3) is 16.4 Å². The summed E-state index contributed by atoms with van der Waals surface area (Å²) in [6.45, 7) is 6.31. The average molecular weight is 612 g/mol. The highest BCUT2D eigenvalue weighted by atomic mass is 16.5. The van der Waals surface area contributed by atoms with Gasteiger partial charge in [-0.25, -0.2) is 4.79 Å². The first kappa shape index (κ1) is 35.4. The molecule has 0 aliphatic rings. The number of Topliss-reactive ketones (excluding diaryl/α,β-unsaturated/α-hetero) is 1. The second-order valence-electron chi connectivity index (χ2n) is 10.7. The molecule has 238 valence electrons. The van der Waals surface area contributed by atoms with Crippen LogP contribution in [0, 0.1) is 0 Å². The van der Waals surface area contributed by atoms with Crippen molar-refractivity contribution in [2.45, 2.75) is 90.4 Å². The van der Waals surface area contributed by atoms with Crippen LogP contribution in [-0.2, 0) is 39.9 Å². The smallest absolute Gasteiger partial charge is 0.328 e. The standard InChI is InChI=1S/C30H41N7O7/c1-18(2)44-30(43)26(13-12-22(40)17-34-31)37-28(41)25(11-7-8-14-32-19(3)38)36-29(42)27(35-20(4)39)15-21-16-33-24-10-6-5-9-23(21)24/h5-6,9-10,16-18,25-27,33H,7-8,11-15H2,1-4H3,(H,32,38)(H,35,39)(H,36,42)(H,37,41). The van der Waals surface area contributed by atoms with Gasteiger partial charge in [0.2, 0.25) is 29.4 Å². The highest BCUT2D eigenvalue weighted by Gasteiger charge is 2.31. The quantitative estimate of drug-likeness (QED) is 0.0544. The number of para-hydroxylation sites is 1. The maximum Gasteiger partial charge on any atom is 0.328 e. The molecule has 0 radical (unpaired) electrons. The Balaban J connectivity index is 2.26. The zero-order valence-electron chi connectivity index (χ0n) is 25.5. The van der Waals surface area contributed by atoms with Gasteiger partial charge in [0, 0.05) is 50.3 Å². The second-order valence-corrected chi connectivity index (χ2v) is 10.7. The van der Waals surface area contributed by atoms with E-state index in [1.165, 1.54) is 13.8 Å². The number of esters is 1. The fourth-order valence-electron chi connectivity index (χ4n) is 4.51. The number of H-pyrrole nitrogens is 1. The van der Waals surface area contributed by atoms with Gasteiger partial charge in [-0.1, -0.05) is 18.2 Å². The summed E-state index contributed by atoms with van der Waals surface area (Å²) in [6, 6.07) is 4.15. The van der Waals surface area contributed by atoms with E-state index in [0.717, 1.165) is 16.5 Å². The Morgan fingerprint density at radius 3 is 2.25 bits per heavy atom. The van der Waals surface area contributed by atoms with E-state index < -0.39 is 53.7 Å². The predicted molar refractivity (Wildman–Crippen MR) is 161 cm³/mol. The summed E-state index contributed by atoms with van der Waals surface area (Å²) in [7, 11) is 0. The van der Waals surface area contributed by atoms with E-state index in [1.54, 1.807) is 20.0 Å². The Labute approximate surface area is 255 Å². The first-order chi connectivity index (χ1) is 20.9. The summed E-state index contributed by atoms with van der Waals surface area (Å²) in [5, 5.41) is 11.5. The molecule has 5 N–H and O–H groups in total. The van der Waals surface area contributed by atoms with Crippen LogP contribution in [0.3, 0.4) is 0 Å². The first-order valence-corrected chi connectivity index (χ1v) is 14.5. The number of rotatable bonds is 18. The number of unbranched alkanes of at least 4 members (excludes halogenated alkanes) is 1. The van der Waals surface area contributed by atoms with E-state index in [0.29, 0.717) is 25.6 Å². The van der Waals surface area contributed by atoms with Gasteiger partial charge in [0.05, 0.1) is 6.10 Å². The third kappa shape index (κ3) is 12.2. The molecule has 14 heteroatoms. The minimum Gasteiger partial charge on any atom is -0.461 e. The van der Waals surface area contributed by atoms with Gasteiger partial charge in [0.1, 0.15) is 18.1 Å². The van der Waals surface area contributed by atoms with Crippen molar-refractivity contribution in [3.05, 3.63) is 41.6 Å². The Morgan fingerprint density at radius 1 is 0.909 bits per heavy atom. The van der Waals surface area contributed by atoms with Crippen LogP contribution in [-0.4, -0.2) is 82.1 Å². The summed E-state index contributed by atoms with van der Waals surface area (Å²) >= 11 is 0. The van der Waals surface area contributed by atoms with Crippen molar-refractivity contribution in [2.75, 3.05) is 6.54 Å². The van der Waals surface area contributed by atoms with Crippen molar-refractivity contribution in [2.24, 2.45) is 0 Å². The van der Waals surface area contributed by atoms with E-state index >= 15 is 0 Å². The lowest BCUT2D eigenvalue weighted by Gasteiger charge is -2.25. The van der Waals surface area contributed by atoms with Crippen molar-refractivity contribution < 1.29 is 38.3 Å². The Bertz CT molecular complexity index is 1380. The molecule has 0 spiro atoms. The molecule has 1 aromatic carbocycles. The van der Waals surface area contributed by atoms with Crippen LogP contribution in [0.1, 0.15) is 65.4 Å². The summed E-state index contributed by atoms with van der Waals surface area (Å²) in [5.74, 6) is -3.27. The number of carbonyl (C=O) groups excluding carboxylic acids is 6. The van der Waals surface area contributed by atoms with Gasteiger partial charge in [0.25, 0.3) is 0 Å². The number of aromatic amines is 1. The highest BCUT2D eigenvalue weighted by Crippen LogP contribution is 2.19. The monoisotopic (exact) mass is 611 g/mol. The molecule has 44 heavy (non-hydrogen) atoms. The molecule has 14 nitrogen and oxygen atoms in total. The number of carbonyl (C=O) groups is 6. The van der Waals surface area contributed by atoms with Gasteiger partial charge in [-0.2, -0.15) is 4.79 Å². The molecule has 1 heterocycles. The first-order valence-electron chi connectivity index (χ1n) is 14.5. The van der Waals surface area contributed by atoms with E-state index in [9.17, 15) is 28.8 Å². The zero-order chi connectivity index (χ0) is 32.6. The molecular formula is C30H41N7O7. The number of ketones is 1. The third-order valence-corrected chi connectivity index (χ3v) is 6.55. The van der Waals surface area contributed by atoms with Gasteiger partial charge < -0.3 is 36.5 Å². The van der Waals surface area contributed by atoms with E-state index in [1.807, 2.05) is 24.3 Å². The molecule has 1 aromatic heterocycles. The molecule has 3 unspecified atom stereocenters. The number of amides is 4. The fraction of sp³-hybridized carbons (Fsp3) is 0.500. The summed E-state index contributed by atoms with van der Waals surface area (Å²) in [4.78, 5) is 80.8. The zero-order valence-corrected chi connectivity index (χ0v) is 25.5. The largest absolute Gasteiger partial charge is 0.461 e. The molecule has 0 saturated carbocycles. The van der Waals surface area contributed by atoms with Crippen molar-refractivity contribution in [3.8, 4) is 0 Å². The maximum atomic E-state index is 13.5. The lowest BCUT2D eigenvalue weighted by Crippen LogP contribution is -2.56. The van der Waals surface area contributed by atoms with E-state index in [-0.39, 0.29) is 31.6 Å².